The van der Waals surface area contributed by atoms with Gasteiger partial charge in [-0.2, -0.15) is 17.5 Å². The molecule has 2 bridgehead atoms. The number of sulfonamides is 1. The van der Waals surface area contributed by atoms with E-state index in [2.05, 4.69) is 19.1 Å². The average molecular weight is 778 g/mol. The summed E-state index contributed by atoms with van der Waals surface area (Å²) in [6.45, 7) is 4.97. The van der Waals surface area contributed by atoms with Crippen LogP contribution in [-0.4, -0.2) is 72.5 Å². The molecule has 7 aliphatic rings. The summed E-state index contributed by atoms with van der Waals surface area (Å²) in [6.07, 6.45) is 7.73. The van der Waals surface area contributed by atoms with Crippen molar-refractivity contribution in [1.29, 1.82) is 0 Å². The van der Waals surface area contributed by atoms with Gasteiger partial charge in [0.15, 0.2) is 5.76 Å². The number of alkyl halides is 3. The number of aliphatic hydroxyl groups is 2. The molecular formula is C40H47ClF3NO7S. The van der Waals surface area contributed by atoms with Crippen LogP contribution in [0.2, 0.25) is 5.02 Å². The summed E-state index contributed by atoms with van der Waals surface area (Å²) in [5, 5.41) is 23.8. The van der Waals surface area contributed by atoms with Crippen LogP contribution in [-0.2, 0) is 20.9 Å². The monoisotopic (exact) mass is 777 g/mol. The van der Waals surface area contributed by atoms with E-state index in [9.17, 15) is 36.6 Å². The molecule has 288 valence electrons. The zero-order valence-electron chi connectivity index (χ0n) is 30.2. The maximum Gasteiger partial charge on any atom is 0.416 e. The number of hydrogen-bond acceptors (Lipinski definition) is 7. The first-order valence-electron chi connectivity index (χ1n) is 18.7. The summed E-state index contributed by atoms with van der Waals surface area (Å²) < 4.78 is 80.5. The van der Waals surface area contributed by atoms with E-state index < -0.39 is 55.5 Å². The van der Waals surface area contributed by atoms with Crippen LogP contribution in [0.15, 0.2) is 58.6 Å². The fourth-order valence-electron chi connectivity index (χ4n) is 11.8. The van der Waals surface area contributed by atoms with Gasteiger partial charge < -0.3 is 19.4 Å². The second-order valence-electron chi connectivity index (χ2n) is 17.2. The molecule has 53 heavy (non-hydrogen) atoms. The molecule has 13 heteroatoms. The number of hydrogen-bond donors (Lipinski definition) is 2. The van der Waals surface area contributed by atoms with E-state index in [0.717, 1.165) is 37.5 Å². The predicted molar refractivity (Wildman–Crippen MR) is 192 cm³/mol. The molecule has 2 N–H and O–H groups in total. The maximum absolute atomic E-state index is 15.0. The van der Waals surface area contributed by atoms with Gasteiger partial charge in [0.25, 0.3) is 0 Å². The molecule has 0 radical (unpaired) electrons. The van der Waals surface area contributed by atoms with Crippen molar-refractivity contribution in [2.24, 2.45) is 33.5 Å². The molecular weight excluding hydrogens is 731 g/mol. The van der Waals surface area contributed by atoms with Crippen LogP contribution < -0.4 is 0 Å². The normalized spacial score (nSPS) is 39.2. The number of ether oxygens (including phenoxy) is 1. The van der Waals surface area contributed by atoms with Gasteiger partial charge >= 0.3 is 6.18 Å². The largest absolute Gasteiger partial charge is 0.453 e. The Morgan fingerprint density at radius 3 is 2.43 bits per heavy atom. The standard InChI is InChI=1S/C40H47ClF3NO7S/c1-35-13-10-25(46)20-37(35)16-17-39(28(21-37)34(47)31-9-8-30(52-31)27-19-24(40(42,43)44)6-7-29(27)41)32(35)11-14-36(2)33(39)12-15-38(36,48)23-45(53(3,49)50)22-26-5-4-18-51-26/h6-9,16-17,19,21,25-26,32-33,46,48H,4-5,10-15,18,20,22-23H2,1-3H3/t25?,26-,32-,33-,35-,36+,37+,38-,39-/m1/s1. The van der Waals surface area contributed by atoms with Gasteiger partial charge in [0.05, 0.1) is 34.7 Å². The summed E-state index contributed by atoms with van der Waals surface area (Å²) >= 11 is 6.35. The number of ketones is 1. The van der Waals surface area contributed by atoms with Crippen LogP contribution in [0.3, 0.4) is 0 Å². The molecule has 2 heterocycles. The van der Waals surface area contributed by atoms with Crippen LogP contribution >= 0.6 is 11.6 Å². The van der Waals surface area contributed by atoms with Crippen molar-refractivity contribution >= 4 is 27.4 Å². The van der Waals surface area contributed by atoms with Crippen LogP contribution in [0.4, 0.5) is 13.2 Å². The predicted octanol–water partition coefficient (Wildman–Crippen LogP) is 7.83. The summed E-state index contributed by atoms with van der Waals surface area (Å²) in [7, 11) is -3.70. The smallest absolute Gasteiger partial charge is 0.416 e. The number of halogens is 4. The highest BCUT2D eigenvalue weighted by atomic mass is 35.5. The van der Waals surface area contributed by atoms with E-state index in [1.807, 2.05) is 13.0 Å². The Labute approximate surface area is 313 Å². The highest BCUT2D eigenvalue weighted by Gasteiger charge is 2.74. The summed E-state index contributed by atoms with van der Waals surface area (Å²) in [4.78, 5) is 15.0. The molecule has 1 saturated heterocycles. The van der Waals surface area contributed by atoms with Crippen LogP contribution in [0.25, 0.3) is 11.3 Å². The van der Waals surface area contributed by atoms with E-state index in [1.54, 1.807) is 0 Å². The number of benzene rings is 1. The molecule has 8 nitrogen and oxygen atoms in total. The van der Waals surface area contributed by atoms with Gasteiger partial charge in [0.2, 0.25) is 15.8 Å². The Kier molecular flexibility index (Phi) is 8.66. The fraction of sp³-hybridized carbons (Fsp3) is 0.625. The molecule has 1 aromatic carbocycles. The van der Waals surface area contributed by atoms with E-state index in [1.165, 1.54) is 22.7 Å². The van der Waals surface area contributed by atoms with Gasteiger partial charge in [0, 0.05) is 47.1 Å². The Morgan fingerprint density at radius 2 is 1.74 bits per heavy atom. The lowest BCUT2D eigenvalue weighted by atomic mass is 9.32. The summed E-state index contributed by atoms with van der Waals surface area (Å²) in [5.74, 6) is -0.678. The maximum atomic E-state index is 15.0. The second kappa shape index (κ2) is 12.3. The average Bonchev–Trinajstić information content (AvgIpc) is 3.84. The third-order valence-corrected chi connectivity index (χ3v) is 16.2. The van der Waals surface area contributed by atoms with Crippen molar-refractivity contribution in [2.45, 2.75) is 95.6 Å². The second-order valence-corrected chi connectivity index (χ2v) is 19.6. The molecule has 2 spiro atoms. The van der Waals surface area contributed by atoms with Crippen molar-refractivity contribution in [3.8, 4) is 11.3 Å². The molecule has 4 fully saturated rings. The number of carbonyl (C=O) groups excluding carboxylic acids is 1. The van der Waals surface area contributed by atoms with Crippen molar-refractivity contribution in [3.63, 3.8) is 0 Å². The van der Waals surface area contributed by atoms with E-state index in [-0.39, 0.29) is 58.6 Å². The van der Waals surface area contributed by atoms with E-state index in [4.69, 9.17) is 20.8 Å². The first-order chi connectivity index (χ1) is 24.8. The lowest BCUT2D eigenvalue weighted by molar-refractivity contribution is -0.174. The van der Waals surface area contributed by atoms with Crippen molar-refractivity contribution < 1.29 is 45.8 Å². The van der Waals surface area contributed by atoms with Gasteiger partial charge in [-0.3, -0.25) is 4.79 Å². The Bertz CT molecular complexity index is 2010. The van der Waals surface area contributed by atoms with Gasteiger partial charge in [-0.25, -0.2) is 8.42 Å². The number of Topliss-reactive ketones (excluding diaryl/α,β-unsaturated/α-hetero) is 1. The third-order valence-electron chi connectivity index (χ3n) is 14.7. The fourth-order valence-corrected chi connectivity index (χ4v) is 12.9. The van der Waals surface area contributed by atoms with Crippen LogP contribution in [0.1, 0.15) is 87.8 Å². The number of rotatable bonds is 8. The minimum absolute atomic E-state index is 0.0155. The van der Waals surface area contributed by atoms with Gasteiger partial charge in [-0.1, -0.05) is 43.7 Å². The molecule has 9 atom stereocenters. The molecule has 0 amide bonds. The first-order valence-corrected chi connectivity index (χ1v) is 20.9. The van der Waals surface area contributed by atoms with E-state index >= 15 is 0 Å². The number of fused-ring (bicyclic) bond motifs is 1. The van der Waals surface area contributed by atoms with Gasteiger partial charge in [0.1, 0.15) is 5.76 Å². The molecule has 1 aliphatic heterocycles. The highest BCUT2D eigenvalue weighted by molar-refractivity contribution is 7.88. The van der Waals surface area contributed by atoms with Crippen LogP contribution in [0.5, 0.6) is 0 Å². The minimum atomic E-state index is -4.60. The Hall–Kier alpha value is -2.48. The Balaban J connectivity index is 1.21. The zero-order chi connectivity index (χ0) is 38.0. The van der Waals surface area contributed by atoms with Crippen molar-refractivity contribution in [2.75, 3.05) is 26.0 Å². The number of allylic oxidation sites excluding steroid dienone is 4. The summed E-state index contributed by atoms with van der Waals surface area (Å²) in [5.41, 5.74) is -4.31. The SMILES string of the molecule is C[C@]12CC[C@H]3[C@]4(C=C[C@@]5(C=C4C(=O)c4ccc(-c6cc(C(F)(F)F)ccc6Cl)o4)CC(O)CC[C@]35C)[C@@H]1CC[C@@]2(O)CN(C[C@H]1CCCO1)S(C)(=O)=O. The first kappa shape index (κ1) is 37.4. The quantitative estimate of drug-likeness (QED) is 0.207. The lowest BCUT2D eigenvalue weighted by Crippen LogP contribution is -2.67. The van der Waals surface area contributed by atoms with Gasteiger partial charge in [-0.05, 0) is 105 Å². The molecule has 1 aromatic heterocycles. The highest BCUT2D eigenvalue weighted by Crippen LogP contribution is 2.78. The summed E-state index contributed by atoms with van der Waals surface area (Å²) in [6, 6.07) is 5.89. The third kappa shape index (κ3) is 5.51. The number of carbonyl (C=O) groups is 1. The van der Waals surface area contributed by atoms with E-state index in [0.29, 0.717) is 50.7 Å². The molecule has 9 rings (SSSR count). The minimum Gasteiger partial charge on any atom is -0.453 e. The van der Waals surface area contributed by atoms with Crippen molar-refractivity contribution in [3.05, 3.63) is 70.5 Å². The van der Waals surface area contributed by atoms with Crippen LogP contribution in [0, 0.1) is 33.5 Å². The number of nitrogens with zero attached hydrogens (tertiary/aromatic N) is 1. The molecule has 2 aromatic rings. The topological polar surface area (TPSA) is 117 Å². The van der Waals surface area contributed by atoms with Gasteiger partial charge in [-0.15, -0.1) is 0 Å². The zero-order valence-corrected chi connectivity index (χ0v) is 31.8. The molecule has 6 aliphatic carbocycles. The lowest BCUT2D eigenvalue weighted by Gasteiger charge is -2.71. The van der Waals surface area contributed by atoms with Crippen molar-refractivity contribution in [1.82, 2.24) is 4.31 Å². The molecule has 3 saturated carbocycles. The number of furan rings is 1. The molecule has 1 unspecified atom stereocenters. The Morgan fingerprint density at radius 1 is 1.02 bits per heavy atom. The number of aliphatic hydroxyl groups excluding tert-OH is 1.